The van der Waals surface area contributed by atoms with Crippen LogP contribution in [0.15, 0.2) is 53.5 Å². The topological polar surface area (TPSA) is 66.0 Å². The predicted molar refractivity (Wildman–Crippen MR) is 113 cm³/mol. The Bertz CT molecular complexity index is 770. The van der Waals surface area contributed by atoms with Crippen LogP contribution in [-0.4, -0.2) is 44.0 Å². The van der Waals surface area contributed by atoms with Gasteiger partial charge in [-0.15, -0.1) is 0 Å². The quantitative estimate of drug-likeness (QED) is 0.544. The molecule has 0 saturated heterocycles. The molecule has 2 N–H and O–H groups in total. The molecular weight excluding hydrogens is 352 g/mol. The summed E-state index contributed by atoms with van der Waals surface area (Å²) in [5.41, 5.74) is 3.45. The minimum atomic E-state index is -0.116. The average Bonchev–Trinajstić information content (AvgIpc) is 2.71. The highest BCUT2D eigenvalue weighted by molar-refractivity contribution is 5.84. The van der Waals surface area contributed by atoms with Gasteiger partial charge in [-0.2, -0.15) is 0 Å². The van der Waals surface area contributed by atoms with E-state index < -0.39 is 0 Å². The number of rotatable bonds is 8. The average molecular weight is 383 g/mol. The van der Waals surface area contributed by atoms with Crippen molar-refractivity contribution in [3.63, 3.8) is 0 Å². The molecule has 2 aromatic carbocycles. The zero-order chi connectivity index (χ0) is 20.4. The van der Waals surface area contributed by atoms with Gasteiger partial charge in [-0.25, -0.2) is 4.99 Å². The van der Waals surface area contributed by atoms with E-state index in [1.165, 1.54) is 11.1 Å². The second-order valence-electron chi connectivity index (χ2n) is 6.64. The van der Waals surface area contributed by atoms with Crippen molar-refractivity contribution in [2.45, 2.75) is 26.9 Å². The summed E-state index contributed by atoms with van der Waals surface area (Å²) in [6.07, 6.45) is 0. The van der Waals surface area contributed by atoms with E-state index in [0.717, 1.165) is 24.4 Å². The molecule has 0 bridgehead atoms. The van der Waals surface area contributed by atoms with Gasteiger partial charge in [0, 0.05) is 26.7 Å². The molecule has 6 heteroatoms. The Morgan fingerprint density at radius 2 is 1.68 bits per heavy atom. The summed E-state index contributed by atoms with van der Waals surface area (Å²) in [4.78, 5) is 18.7. The molecule has 1 amide bonds. The molecule has 0 aliphatic heterocycles. The number of aliphatic imine (C=N–C) groups is 1. The molecule has 2 aromatic rings. The normalized spacial score (nSPS) is 11.1. The Labute approximate surface area is 167 Å². The van der Waals surface area contributed by atoms with E-state index >= 15 is 0 Å². The highest BCUT2D eigenvalue weighted by Gasteiger charge is 2.08. The maximum absolute atomic E-state index is 12.2. The van der Waals surface area contributed by atoms with Crippen LogP contribution in [-0.2, 0) is 17.9 Å². The van der Waals surface area contributed by atoms with Gasteiger partial charge in [0.1, 0.15) is 12.3 Å². The molecule has 0 radical (unpaired) electrons. The van der Waals surface area contributed by atoms with Crippen LogP contribution in [0.5, 0.6) is 5.75 Å². The number of aryl methyl sites for hydroxylation is 1. The molecule has 150 valence electrons. The second-order valence-corrected chi connectivity index (χ2v) is 6.64. The number of ether oxygens (including phenoxy) is 1. The zero-order valence-corrected chi connectivity index (χ0v) is 17.2. The molecule has 28 heavy (non-hydrogen) atoms. The molecule has 6 nitrogen and oxygen atoms in total. The number of nitrogens with zero attached hydrogens (tertiary/aromatic N) is 2. The number of benzene rings is 2. The molecule has 0 heterocycles. The Balaban J connectivity index is 1.88. The highest BCUT2D eigenvalue weighted by atomic mass is 16.5. The molecule has 0 unspecified atom stereocenters. The Morgan fingerprint density at radius 3 is 2.29 bits per heavy atom. The molecule has 0 aromatic heterocycles. The van der Waals surface area contributed by atoms with E-state index in [9.17, 15) is 4.79 Å². The highest BCUT2D eigenvalue weighted by Crippen LogP contribution is 2.11. The first-order valence-electron chi connectivity index (χ1n) is 9.46. The monoisotopic (exact) mass is 382 g/mol. The van der Waals surface area contributed by atoms with Crippen molar-refractivity contribution < 1.29 is 9.53 Å². The number of amides is 1. The number of nitrogens with one attached hydrogen (secondary N) is 2. The standard InChI is InChI=1S/C22H30N4O2/c1-5-23-22(26(3)16-19-8-6-17(2)7-9-19)25-15-21(27)24-14-18-10-12-20(28-4)13-11-18/h6-13H,5,14-16H2,1-4H3,(H,23,25)(H,24,27). The van der Waals surface area contributed by atoms with Gasteiger partial charge in [-0.05, 0) is 37.1 Å². The molecule has 0 saturated carbocycles. The second kappa shape index (κ2) is 11.0. The molecule has 0 fully saturated rings. The van der Waals surface area contributed by atoms with Crippen molar-refractivity contribution in [3.05, 3.63) is 65.2 Å². The predicted octanol–water partition coefficient (Wildman–Crippen LogP) is 2.72. The number of guanidine groups is 1. The molecule has 0 aliphatic carbocycles. The smallest absolute Gasteiger partial charge is 0.242 e. The third-order valence-electron chi connectivity index (χ3n) is 4.26. The maximum atomic E-state index is 12.2. The van der Waals surface area contributed by atoms with E-state index in [1.54, 1.807) is 7.11 Å². The van der Waals surface area contributed by atoms with Gasteiger partial charge in [0.05, 0.1) is 7.11 Å². The summed E-state index contributed by atoms with van der Waals surface area (Å²) >= 11 is 0. The molecular formula is C22H30N4O2. The maximum Gasteiger partial charge on any atom is 0.242 e. The summed E-state index contributed by atoms with van der Waals surface area (Å²) < 4.78 is 5.14. The lowest BCUT2D eigenvalue weighted by molar-refractivity contribution is -0.119. The van der Waals surface area contributed by atoms with Crippen LogP contribution in [0.3, 0.4) is 0 Å². The first kappa shape index (κ1) is 21.3. The van der Waals surface area contributed by atoms with Crippen LogP contribution in [0.25, 0.3) is 0 Å². The van der Waals surface area contributed by atoms with Crippen molar-refractivity contribution in [3.8, 4) is 5.75 Å². The number of methoxy groups -OCH3 is 1. The Morgan fingerprint density at radius 1 is 1.04 bits per heavy atom. The van der Waals surface area contributed by atoms with Crippen molar-refractivity contribution in [1.29, 1.82) is 0 Å². The van der Waals surface area contributed by atoms with Gasteiger partial charge in [0.25, 0.3) is 0 Å². The zero-order valence-electron chi connectivity index (χ0n) is 17.2. The van der Waals surface area contributed by atoms with E-state index in [1.807, 2.05) is 43.1 Å². The minimum Gasteiger partial charge on any atom is -0.497 e. The third kappa shape index (κ3) is 6.95. The van der Waals surface area contributed by atoms with Crippen LogP contribution in [0.2, 0.25) is 0 Å². The van der Waals surface area contributed by atoms with Gasteiger partial charge < -0.3 is 20.3 Å². The van der Waals surface area contributed by atoms with Crippen molar-refractivity contribution in [2.75, 3.05) is 27.2 Å². The van der Waals surface area contributed by atoms with Crippen molar-refractivity contribution >= 4 is 11.9 Å². The first-order valence-corrected chi connectivity index (χ1v) is 9.46. The number of carbonyl (C=O) groups excluding carboxylic acids is 1. The summed E-state index contributed by atoms with van der Waals surface area (Å²) in [5, 5.41) is 6.13. The van der Waals surface area contributed by atoms with Crippen LogP contribution in [0.1, 0.15) is 23.6 Å². The molecule has 0 spiro atoms. The summed E-state index contributed by atoms with van der Waals surface area (Å²) in [6.45, 7) is 6.09. The van der Waals surface area contributed by atoms with Gasteiger partial charge in [-0.3, -0.25) is 4.79 Å². The van der Waals surface area contributed by atoms with Gasteiger partial charge in [0.15, 0.2) is 5.96 Å². The van der Waals surface area contributed by atoms with Crippen molar-refractivity contribution in [2.24, 2.45) is 4.99 Å². The molecule has 2 rings (SSSR count). The molecule has 0 aliphatic rings. The van der Waals surface area contributed by atoms with E-state index in [2.05, 4.69) is 46.8 Å². The number of carbonyl (C=O) groups is 1. The van der Waals surface area contributed by atoms with E-state index in [0.29, 0.717) is 12.5 Å². The SMILES string of the molecule is CCNC(=NCC(=O)NCc1ccc(OC)cc1)N(C)Cc1ccc(C)cc1. The van der Waals surface area contributed by atoms with E-state index in [-0.39, 0.29) is 12.5 Å². The summed E-state index contributed by atoms with van der Waals surface area (Å²) in [6, 6.07) is 16.0. The lowest BCUT2D eigenvalue weighted by Crippen LogP contribution is -2.39. The Hall–Kier alpha value is -3.02. The fourth-order valence-corrected chi connectivity index (χ4v) is 2.66. The summed E-state index contributed by atoms with van der Waals surface area (Å²) in [7, 11) is 3.60. The lowest BCUT2D eigenvalue weighted by atomic mass is 10.1. The third-order valence-corrected chi connectivity index (χ3v) is 4.26. The first-order chi connectivity index (χ1) is 13.5. The number of hydrogen-bond acceptors (Lipinski definition) is 3. The van der Waals surface area contributed by atoms with Gasteiger partial charge >= 0.3 is 0 Å². The molecule has 0 atom stereocenters. The van der Waals surface area contributed by atoms with Gasteiger partial charge in [0.2, 0.25) is 5.91 Å². The van der Waals surface area contributed by atoms with Crippen LogP contribution < -0.4 is 15.4 Å². The van der Waals surface area contributed by atoms with Crippen LogP contribution >= 0.6 is 0 Å². The van der Waals surface area contributed by atoms with Crippen LogP contribution in [0.4, 0.5) is 0 Å². The number of hydrogen-bond donors (Lipinski definition) is 2. The van der Waals surface area contributed by atoms with E-state index in [4.69, 9.17) is 4.74 Å². The minimum absolute atomic E-state index is 0.0801. The Kier molecular flexibility index (Phi) is 8.34. The lowest BCUT2D eigenvalue weighted by Gasteiger charge is -2.22. The van der Waals surface area contributed by atoms with Crippen molar-refractivity contribution in [1.82, 2.24) is 15.5 Å². The largest absolute Gasteiger partial charge is 0.497 e. The fraction of sp³-hybridized carbons (Fsp3) is 0.364. The van der Waals surface area contributed by atoms with Crippen LogP contribution in [0, 0.1) is 6.92 Å². The van der Waals surface area contributed by atoms with Gasteiger partial charge in [-0.1, -0.05) is 42.0 Å². The summed E-state index contributed by atoms with van der Waals surface area (Å²) in [5.74, 6) is 1.39. The fourth-order valence-electron chi connectivity index (χ4n) is 2.66.